The predicted molar refractivity (Wildman–Crippen MR) is 56.3 cm³/mol. The Kier molecular flexibility index (Phi) is 3.06. The zero-order valence-electron chi connectivity index (χ0n) is 8.49. The van der Waals surface area contributed by atoms with E-state index in [1.54, 1.807) is 4.68 Å². The maximum atomic E-state index is 6.28. The van der Waals surface area contributed by atoms with E-state index in [0.29, 0.717) is 11.3 Å². The van der Waals surface area contributed by atoms with Gasteiger partial charge in [-0.05, 0) is 25.2 Å². The van der Waals surface area contributed by atoms with Crippen LogP contribution in [0.1, 0.15) is 31.4 Å². The zero-order valence-corrected chi connectivity index (χ0v) is 9.24. The third-order valence-corrected chi connectivity index (χ3v) is 3.51. The van der Waals surface area contributed by atoms with E-state index in [-0.39, 0.29) is 0 Å². The lowest BCUT2D eigenvalue weighted by molar-refractivity contribution is 0.361. The van der Waals surface area contributed by atoms with E-state index in [9.17, 15) is 0 Å². The van der Waals surface area contributed by atoms with Crippen LogP contribution in [0.3, 0.4) is 0 Å². The highest BCUT2D eigenvalue weighted by atomic mass is 35.5. The second-order valence-corrected chi connectivity index (χ2v) is 4.71. The summed E-state index contributed by atoms with van der Waals surface area (Å²) in [5, 5.41) is 8.37. The molecule has 2 unspecified atom stereocenters. The summed E-state index contributed by atoms with van der Waals surface area (Å²) in [5.74, 6) is 0.599. The number of nitrogens with zero attached hydrogens (tertiary/aromatic N) is 3. The summed E-state index contributed by atoms with van der Waals surface area (Å²) < 4.78 is 1.75. The van der Waals surface area contributed by atoms with Crippen LogP contribution in [0, 0.1) is 5.92 Å². The van der Waals surface area contributed by atoms with E-state index >= 15 is 0 Å². The van der Waals surface area contributed by atoms with Gasteiger partial charge in [-0.3, -0.25) is 4.68 Å². The molecule has 0 bridgehead atoms. The van der Waals surface area contributed by atoms with Gasteiger partial charge in [0.25, 0.3) is 0 Å². The maximum Gasteiger partial charge on any atom is 0.0830 e. The molecule has 2 atom stereocenters. The lowest BCUT2D eigenvalue weighted by atomic mass is 9.86. The van der Waals surface area contributed by atoms with Crippen molar-refractivity contribution in [2.75, 3.05) is 0 Å². The molecule has 0 spiro atoms. The van der Waals surface area contributed by atoms with Crippen molar-refractivity contribution in [1.29, 1.82) is 0 Å². The number of halogens is 1. The molecule has 0 aromatic carbocycles. The molecule has 1 aromatic heterocycles. The van der Waals surface area contributed by atoms with Gasteiger partial charge in [-0.25, -0.2) is 0 Å². The Morgan fingerprint density at radius 2 is 2.29 bits per heavy atom. The van der Waals surface area contributed by atoms with E-state index < -0.39 is 0 Å². The van der Waals surface area contributed by atoms with Gasteiger partial charge in [0.05, 0.1) is 5.69 Å². The molecule has 0 saturated heterocycles. The van der Waals surface area contributed by atoms with E-state index in [2.05, 4.69) is 10.3 Å². The van der Waals surface area contributed by atoms with Gasteiger partial charge in [0.1, 0.15) is 0 Å². The van der Waals surface area contributed by atoms with Crippen molar-refractivity contribution >= 4 is 11.6 Å². The highest BCUT2D eigenvalue weighted by Gasteiger charge is 2.23. The van der Waals surface area contributed by atoms with Crippen molar-refractivity contribution < 1.29 is 0 Å². The minimum absolute atomic E-state index is 0.339. The Bertz CT molecular complexity index is 297. The van der Waals surface area contributed by atoms with E-state index in [0.717, 1.165) is 18.5 Å². The molecule has 2 rings (SSSR count). The number of rotatable bonds is 2. The fourth-order valence-electron chi connectivity index (χ4n) is 2.15. The van der Waals surface area contributed by atoms with Gasteiger partial charge in [0.15, 0.2) is 0 Å². The first-order valence-corrected chi connectivity index (χ1v) is 5.68. The van der Waals surface area contributed by atoms with Crippen molar-refractivity contribution in [3.8, 4) is 0 Å². The van der Waals surface area contributed by atoms with Crippen LogP contribution in [0.5, 0.6) is 0 Å². The molecule has 0 amide bonds. The summed E-state index contributed by atoms with van der Waals surface area (Å²) in [6.45, 7) is 0. The first-order chi connectivity index (χ1) is 6.75. The third kappa shape index (κ3) is 2.27. The maximum absolute atomic E-state index is 6.28. The number of hydrogen-bond acceptors (Lipinski definition) is 2. The molecule has 3 nitrogen and oxygen atoms in total. The van der Waals surface area contributed by atoms with Crippen LogP contribution in [0.2, 0.25) is 0 Å². The van der Waals surface area contributed by atoms with Gasteiger partial charge in [-0.15, -0.1) is 16.7 Å². The number of aryl methyl sites for hydroxylation is 1. The molecule has 1 aliphatic rings. The molecule has 1 saturated carbocycles. The van der Waals surface area contributed by atoms with Crippen molar-refractivity contribution in [1.82, 2.24) is 15.0 Å². The average molecular weight is 214 g/mol. The molecule has 78 valence electrons. The molecular weight excluding hydrogens is 198 g/mol. The fraction of sp³-hybridized carbons (Fsp3) is 0.800. The zero-order chi connectivity index (χ0) is 9.97. The molecule has 1 aliphatic carbocycles. The Labute approximate surface area is 89.4 Å². The summed E-state index contributed by atoms with van der Waals surface area (Å²) in [7, 11) is 1.90. The first-order valence-electron chi connectivity index (χ1n) is 5.25. The molecule has 1 heterocycles. The standard InChI is InChI=1S/C10H16ClN3/c1-14-7-9(12-13-14)6-8-4-2-3-5-10(8)11/h7-8,10H,2-6H2,1H3. The lowest BCUT2D eigenvalue weighted by Gasteiger charge is -2.25. The van der Waals surface area contributed by atoms with Gasteiger partial charge < -0.3 is 0 Å². The van der Waals surface area contributed by atoms with Gasteiger partial charge in [-0.2, -0.15) is 0 Å². The molecule has 14 heavy (non-hydrogen) atoms. The normalized spacial score (nSPS) is 27.9. The second-order valence-electron chi connectivity index (χ2n) is 4.15. The smallest absolute Gasteiger partial charge is 0.0830 e. The highest BCUT2D eigenvalue weighted by Crippen LogP contribution is 2.30. The van der Waals surface area contributed by atoms with Crippen molar-refractivity contribution in [2.45, 2.75) is 37.5 Å². The lowest BCUT2D eigenvalue weighted by Crippen LogP contribution is -2.21. The molecule has 0 aliphatic heterocycles. The van der Waals surface area contributed by atoms with Crippen LogP contribution in [-0.4, -0.2) is 20.4 Å². The van der Waals surface area contributed by atoms with Crippen LogP contribution in [0.25, 0.3) is 0 Å². The van der Waals surface area contributed by atoms with Gasteiger partial charge in [0.2, 0.25) is 0 Å². The van der Waals surface area contributed by atoms with Crippen molar-refractivity contribution in [2.24, 2.45) is 13.0 Å². The predicted octanol–water partition coefficient (Wildman–Crippen LogP) is 2.16. The van der Waals surface area contributed by atoms with Crippen LogP contribution in [-0.2, 0) is 13.5 Å². The van der Waals surface area contributed by atoms with Crippen LogP contribution < -0.4 is 0 Å². The van der Waals surface area contributed by atoms with Gasteiger partial charge in [-0.1, -0.05) is 18.1 Å². The second kappa shape index (κ2) is 4.30. The molecule has 0 radical (unpaired) electrons. The fourth-order valence-corrected chi connectivity index (χ4v) is 2.52. The number of alkyl halides is 1. The molecular formula is C10H16ClN3. The van der Waals surface area contributed by atoms with Gasteiger partial charge in [0, 0.05) is 18.6 Å². The molecule has 0 N–H and O–H groups in total. The molecule has 1 fully saturated rings. The highest BCUT2D eigenvalue weighted by molar-refractivity contribution is 6.20. The summed E-state index contributed by atoms with van der Waals surface area (Å²) >= 11 is 6.28. The Balaban J connectivity index is 1.95. The first kappa shape index (κ1) is 9.97. The number of aromatic nitrogens is 3. The topological polar surface area (TPSA) is 30.7 Å². The van der Waals surface area contributed by atoms with E-state index in [1.165, 1.54) is 19.3 Å². The summed E-state index contributed by atoms with van der Waals surface area (Å²) in [4.78, 5) is 0. The Morgan fingerprint density at radius 1 is 1.50 bits per heavy atom. The quantitative estimate of drug-likeness (QED) is 0.705. The Morgan fingerprint density at radius 3 is 2.93 bits per heavy atom. The number of hydrogen-bond donors (Lipinski definition) is 0. The molecule has 4 heteroatoms. The van der Waals surface area contributed by atoms with Gasteiger partial charge >= 0.3 is 0 Å². The minimum Gasteiger partial charge on any atom is -0.255 e. The Hall–Kier alpha value is -0.570. The largest absolute Gasteiger partial charge is 0.255 e. The van der Waals surface area contributed by atoms with Crippen LogP contribution in [0.4, 0.5) is 0 Å². The average Bonchev–Trinajstić information content (AvgIpc) is 2.56. The van der Waals surface area contributed by atoms with Crippen LogP contribution in [0.15, 0.2) is 6.20 Å². The third-order valence-electron chi connectivity index (χ3n) is 2.94. The van der Waals surface area contributed by atoms with Crippen molar-refractivity contribution in [3.63, 3.8) is 0 Å². The summed E-state index contributed by atoms with van der Waals surface area (Å²) in [6.07, 6.45) is 7.97. The SMILES string of the molecule is Cn1cc(CC2CCCCC2Cl)nn1. The van der Waals surface area contributed by atoms with E-state index in [4.69, 9.17) is 11.6 Å². The molecule has 1 aromatic rings. The van der Waals surface area contributed by atoms with Crippen molar-refractivity contribution in [3.05, 3.63) is 11.9 Å². The summed E-state index contributed by atoms with van der Waals surface area (Å²) in [6, 6.07) is 0. The summed E-state index contributed by atoms with van der Waals surface area (Å²) in [5.41, 5.74) is 1.07. The van der Waals surface area contributed by atoms with E-state index in [1.807, 2.05) is 13.2 Å². The van der Waals surface area contributed by atoms with Crippen LogP contribution >= 0.6 is 11.6 Å². The monoisotopic (exact) mass is 213 g/mol. The minimum atomic E-state index is 0.339.